The van der Waals surface area contributed by atoms with Gasteiger partial charge in [-0.15, -0.1) is 0 Å². The van der Waals surface area contributed by atoms with Crippen LogP contribution in [0.25, 0.3) is 11.0 Å². The highest BCUT2D eigenvalue weighted by Gasteiger charge is 2.13. The maximum absolute atomic E-state index is 12.5. The molecule has 1 heterocycles. The van der Waals surface area contributed by atoms with Gasteiger partial charge in [0.15, 0.2) is 16.7 Å². The number of aromatic nitrogens is 2. The van der Waals surface area contributed by atoms with Gasteiger partial charge in [-0.1, -0.05) is 23.9 Å². The first kappa shape index (κ1) is 19.1. The number of rotatable bonds is 7. The highest BCUT2D eigenvalue weighted by Crippen LogP contribution is 2.28. The second-order valence-electron chi connectivity index (χ2n) is 6.29. The Morgan fingerprint density at radius 1 is 1.15 bits per heavy atom. The number of benzene rings is 2. The molecule has 0 radical (unpaired) electrons. The minimum atomic E-state index is 0.0337. The number of nitrogens with zero attached hydrogens (tertiary/aromatic N) is 2. The van der Waals surface area contributed by atoms with Crippen molar-refractivity contribution in [1.29, 1.82) is 0 Å². The largest absolute Gasteiger partial charge is 0.493 e. The van der Waals surface area contributed by atoms with Crippen LogP contribution in [0.4, 0.5) is 0 Å². The van der Waals surface area contributed by atoms with Crippen LogP contribution >= 0.6 is 11.8 Å². The third kappa shape index (κ3) is 4.54. The minimum absolute atomic E-state index is 0.0337. The van der Waals surface area contributed by atoms with Crippen LogP contribution < -0.4 is 9.47 Å². The van der Waals surface area contributed by atoms with E-state index < -0.39 is 0 Å². The van der Waals surface area contributed by atoms with Crippen molar-refractivity contribution in [2.45, 2.75) is 18.6 Å². The minimum Gasteiger partial charge on any atom is -0.493 e. The van der Waals surface area contributed by atoms with Gasteiger partial charge >= 0.3 is 0 Å². The van der Waals surface area contributed by atoms with E-state index in [1.54, 1.807) is 26.2 Å². The van der Waals surface area contributed by atoms with Crippen LogP contribution in [-0.2, 0) is 11.3 Å². The van der Waals surface area contributed by atoms with Crippen molar-refractivity contribution in [3.8, 4) is 11.5 Å². The van der Waals surface area contributed by atoms with E-state index in [2.05, 4.69) is 16.0 Å². The number of amides is 1. The van der Waals surface area contributed by atoms with Crippen LogP contribution in [0.2, 0.25) is 0 Å². The normalized spacial score (nSPS) is 10.8. The van der Waals surface area contributed by atoms with E-state index in [9.17, 15) is 4.79 Å². The van der Waals surface area contributed by atoms with Gasteiger partial charge in [-0.3, -0.25) is 4.79 Å². The molecule has 0 atom stereocenters. The van der Waals surface area contributed by atoms with Gasteiger partial charge in [0.1, 0.15) is 0 Å². The summed E-state index contributed by atoms with van der Waals surface area (Å²) in [5.41, 5.74) is 4.05. The monoisotopic (exact) mass is 385 g/mol. The summed E-state index contributed by atoms with van der Waals surface area (Å²) in [6.45, 7) is 2.54. The van der Waals surface area contributed by atoms with Gasteiger partial charge in [0.2, 0.25) is 5.91 Å². The molecule has 0 fully saturated rings. The molecule has 0 saturated heterocycles. The Morgan fingerprint density at radius 2 is 1.93 bits per heavy atom. The number of thioether (sulfide) groups is 1. The van der Waals surface area contributed by atoms with E-state index >= 15 is 0 Å². The van der Waals surface area contributed by atoms with E-state index in [-0.39, 0.29) is 5.91 Å². The lowest BCUT2D eigenvalue weighted by atomic mass is 10.2. The fourth-order valence-electron chi connectivity index (χ4n) is 2.75. The molecular formula is C20H23N3O3S. The number of carbonyl (C=O) groups excluding carboxylic acids is 1. The Balaban J connectivity index is 1.60. The summed E-state index contributed by atoms with van der Waals surface area (Å²) in [5, 5.41) is 0.753. The summed E-state index contributed by atoms with van der Waals surface area (Å²) in [6.07, 6.45) is 0. The molecular weight excluding hydrogens is 362 g/mol. The molecule has 6 nitrogen and oxygen atoms in total. The molecule has 0 unspecified atom stereocenters. The smallest absolute Gasteiger partial charge is 0.233 e. The van der Waals surface area contributed by atoms with E-state index in [1.165, 1.54) is 17.3 Å². The Morgan fingerprint density at radius 3 is 2.67 bits per heavy atom. The number of aryl methyl sites for hydroxylation is 1. The number of carbonyl (C=O) groups is 1. The highest BCUT2D eigenvalue weighted by molar-refractivity contribution is 7.99. The zero-order valence-corrected chi connectivity index (χ0v) is 16.7. The van der Waals surface area contributed by atoms with Gasteiger partial charge < -0.3 is 19.4 Å². The number of methoxy groups -OCH3 is 2. The zero-order valence-electron chi connectivity index (χ0n) is 15.9. The SMILES string of the molecule is COc1ccc(CN(C)C(=O)CSc2nc3ccc(C)cc3[nH]2)cc1OC. The van der Waals surface area contributed by atoms with Crippen LogP contribution in [-0.4, -0.2) is 47.8 Å². The number of ether oxygens (including phenoxy) is 2. The zero-order chi connectivity index (χ0) is 19.4. The van der Waals surface area contributed by atoms with Gasteiger partial charge in [0, 0.05) is 13.6 Å². The van der Waals surface area contributed by atoms with Gasteiger partial charge in [-0.25, -0.2) is 4.98 Å². The van der Waals surface area contributed by atoms with Crippen molar-refractivity contribution in [3.05, 3.63) is 47.5 Å². The number of aromatic amines is 1. The van der Waals surface area contributed by atoms with Gasteiger partial charge in [-0.2, -0.15) is 0 Å². The fourth-order valence-corrected chi connectivity index (χ4v) is 3.58. The lowest BCUT2D eigenvalue weighted by Gasteiger charge is -2.18. The van der Waals surface area contributed by atoms with Crippen molar-refractivity contribution >= 4 is 28.7 Å². The summed E-state index contributed by atoms with van der Waals surface area (Å²) >= 11 is 1.41. The molecule has 1 aromatic heterocycles. The van der Waals surface area contributed by atoms with Crippen LogP contribution in [0.15, 0.2) is 41.6 Å². The Bertz CT molecular complexity index is 955. The van der Waals surface area contributed by atoms with Crippen molar-refractivity contribution in [2.75, 3.05) is 27.0 Å². The second-order valence-corrected chi connectivity index (χ2v) is 7.25. The van der Waals surface area contributed by atoms with Crippen LogP contribution in [0.3, 0.4) is 0 Å². The van der Waals surface area contributed by atoms with E-state index in [4.69, 9.17) is 9.47 Å². The Hall–Kier alpha value is -2.67. The highest BCUT2D eigenvalue weighted by atomic mass is 32.2. The molecule has 142 valence electrons. The molecule has 0 aliphatic heterocycles. The lowest BCUT2D eigenvalue weighted by molar-refractivity contribution is -0.127. The predicted molar refractivity (Wildman–Crippen MR) is 108 cm³/mol. The molecule has 7 heteroatoms. The standard InChI is InChI=1S/C20H23N3O3S/c1-13-5-7-15-16(9-13)22-20(21-15)27-12-19(24)23(2)11-14-6-8-17(25-3)18(10-14)26-4/h5-10H,11-12H2,1-4H3,(H,21,22). The summed E-state index contributed by atoms with van der Waals surface area (Å²) in [7, 11) is 4.99. The molecule has 2 aromatic carbocycles. The van der Waals surface area contributed by atoms with E-state index in [0.29, 0.717) is 23.8 Å². The van der Waals surface area contributed by atoms with Crippen molar-refractivity contribution < 1.29 is 14.3 Å². The maximum Gasteiger partial charge on any atom is 0.233 e. The fraction of sp³-hybridized carbons (Fsp3) is 0.300. The average Bonchev–Trinajstić information content (AvgIpc) is 3.07. The number of hydrogen-bond donors (Lipinski definition) is 1. The van der Waals surface area contributed by atoms with E-state index in [1.807, 2.05) is 37.3 Å². The summed E-state index contributed by atoms with van der Waals surface area (Å²) < 4.78 is 10.6. The van der Waals surface area contributed by atoms with Crippen LogP contribution in [0, 0.1) is 6.92 Å². The first-order valence-electron chi connectivity index (χ1n) is 8.54. The molecule has 0 aliphatic carbocycles. The molecule has 1 N–H and O–H groups in total. The molecule has 0 bridgehead atoms. The first-order chi connectivity index (χ1) is 13.0. The number of imidazole rings is 1. The topological polar surface area (TPSA) is 67.5 Å². The summed E-state index contributed by atoms with van der Waals surface area (Å²) in [5.74, 6) is 1.68. The average molecular weight is 385 g/mol. The maximum atomic E-state index is 12.5. The van der Waals surface area contributed by atoms with Gasteiger partial charge in [0.25, 0.3) is 0 Å². The second kappa shape index (κ2) is 8.35. The first-order valence-corrected chi connectivity index (χ1v) is 9.52. The molecule has 3 aromatic rings. The number of hydrogen-bond acceptors (Lipinski definition) is 5. The van der Waals surface area contributed by atoms with Gasteiger partial charge in [-0.05, 0) is 42.3 Å². The molecule has 1 amide bonds. The third-order valence-corrected chi connectivity index (χ3v) is 5.10. The Labute approximate surface area is 162 Å². The lowest BCUT2D eigenvalue weighted by Crippen LogP contribution is -2.27. The quantitative estimate of drug-likeness (QED) is 0.629. The van der Waals surface area contributed by atoms with Gasteiger partial charge in [0.05, 0.1) is 31.0 Å². The van der Waals surface area contributed by atoms with Crippen molar-refractivity contribution in [1.82, 2.24) is 14.9 Å². The molecule has 0 saturated carbocycles. The Kier molecular flexibility index (Phi) is 5.91. The van der Waals surface area contributed by atoms with Crippen molar-refractivity contribution in [2.24, 2.45) is 0 Å². The predicted octanol–water partition coefficient (Wildman–Crippen LogP) is 3.64. The van der Waals surface area contributed by atoms with Crippen LogP contribution in [0.5, 0.6) is 11.5 Å². The summed E-state index contributed by atoms with van der Waals surface area (Å²) in [6, 6.07) is 11.7. The molecule has 0 spiro atoms. The number of H-pyrrole nitrogens is 1. The van der Waals surface area contributed by atoms with Crippen LogP contribution in [0.1, 0.15) is 11.1 Å². The number of nitrogens with one attached hydrogen (secondary N) is 1. The van der Waals surface area contributed by atoms with Crippen molar-refractivity contribution in [3.63, 3.8) is 0 Å². The molecule has 0 aliphatic rings. The number of fused-ring (bicyclic) bond motifs is 1. The summed E-state index contributed by atoms with van der Waals surface area (Å²) in [4.78, 5) is 21.9. The van der Waals surface area contributed by atoms with E-state index in [0.717, 1.165) is 21.8 Å². The molecule has 27 heavy (non-hydrogen) atoms. The molecule has 3 rings (SSSR count). The third-order valence-electron chi connectivity index (χ3n) is 4.24.